The second-order valence-electron chi connectivity index (χ2n) is 6.83. The summed E-state index contributed by atoms with van der Waals surface area (Å²) in [4.78, 5) is 15.4. The maximum absolute atomic E-state index is 12.8. The summed E-state index contributed by atoms with van der Waals surface area (Å²) < 4.78 is 38.0. The lowest BCUT2D eigenvalue weighted by Gasteiger charge is -2.34. The molecule has 0 saturated carbocycles. The van der Waals surface area contributed by atoms with Gasteiger partial charge in [0, 0.05) is 36.1 Å². The van der Waals surface area contributed by atoms with E-state index in [-0.39, 0.29) is 29.6 Å². The van der Waals surface area contributed by atoms with E-state index in [2.05, 4.69) is 0 Å². The predicted octanol–water partition coefficient (Wildman–Crippen LogP) is 2.74. The van der Waals surface area contributed by atoms with Crippen LogP contribution in [0.25, 0.3) is 0 Å². The molecule has 0 bridgehead atoms. The molecule has 0 N–H and O–H groups in total. The van der Waals surface area contributed by atoms with Gasteiger partial charge >= 0.3 is 0 Å². The Morgan fingerprint density at radius 3 is 2.33 bits per heavy atom. The second-order valence-corrected chi connectivity index (χ2v) is 10.3. The third-order valence-corrected chi connectivity index (χ3v) is 8.06. The van der Waals surface area contributed by atoms with Crippen molar-refractivity contribution >= 4 is 39.3 Å². The maximum atomic E-state index is 12.8. The van der Waals surface area contributed by atoms with Crippen molar-refractivity contribution in [3.8, 4) is 11.5 Å². The summed E-state index contributed by atoms with van der Waals surface area (Å²) in [6.45, 7) is 2.33. The Morgan fingerprint density at radius 1 is 0.967 bits per heavy atom. The largest absolute Gasteiger partial charge is 0.486 e. The average molecular weight is 469 g/mol. The van der Waals surface area contributed by atoms with Crippen molar-refractivity contribution in [3.05, 3.63) is 47.5 Å². The number of piperazine rings is 1. The van der Waals surface area contributed by atoms with Crippen LogP contribution < -0.4 is 9.47 Å². The van der Waals surface area contributed by atoms with Crippen molar-refractivity contribution in [2.45, 2.75) is 9.79 Å². The number of rotatable bonds is 5. The summed E-state index contributed by atoms with van der Waals surface area (Å²) in [6.07, 6.45) is 0. The molecule has 4 rings (SSSR count). The Bertz CT molecular complexity index is 1020. The molecule has 0 radical (unpaired) electrons. The molecule has 0 unspecified atom stereocenters. The van der Waals surface area contributed by atoms with E-state index >= 15 is 0 Å². The van der Waals surface area contributed by atoms with Crippen LogP contribution in [-0.4, -0.2) is 68.7 Å². The summed E-state index contributed by atoms with van der Waals surface area (Å²) >= 11 is 7.27. The molecule has 1 fully saturated rings. The number of hydrogen-bond donors (Lipinski definition) is 0. The fourth-order valence-corrected chi connectivity index (χ4v) is 5.66. The van der Waals surface area contributed by atoms with Crippen molar-refractivity contribution in [2.24, 2.45) is 0 Å². The van der Waals surface area contributed by atoms with Gasteiger partial charge in [-0.15, -0.1) is 11.8 Å². The fourth-order valence-electron chi connectivity index (χ4n) is 3.28. The molecule has 2 aromatic rings. The highest BCUT2D eigenvalue weighted by atomic mass is 35.5. The van der Waals surface area contributed by atoms with Crippen LogP contribution >= 0.6 is 23.4 Å². The lowest BCUT2D eigenvalue weighted by Crippen LogP contribution is -2.50. The van der Waals surface area contributed by atoms with Crippen molar-refractivity contribution in [1.29, 1.82) is 0 Å². The van der Waals surface area contributed by atoms with Gasteiger partial charge in [-0.05, 0) is 42.5 Å². The molecule has 160 valence electrons. The van der Waals surface area contributed by atoms with E-state index < -0.39 is 10.0 Å². The first-order valence-corrected chi connectivity index (χ1v) is 12.3. The monoisotopic (exact) mass is 468 g/mol. The van der Waals surface area contributed by atoms with Gasteiger partial charge in [-0.2, -0.15) is 4.31 Å². The molecule has 0 atom stereocenters. The van der Waals surface area contributed by atoms with Crippen LogP contribution in [0.5, 0.6) is 11.5 Å². The van der Waals surface area contributed by atoms with Crippen LogP contribution in [0.1, 0.15) is 0 Å². The minimum Gasteiger partial charge on any atom is -0.486 e. The molecule has 2 heterocycles. The minimum absolute atomic E-state index is 0.0153. The number of benzene rings is 2. The number of ether oxygens (including phenoxy) is 2. The van der Waals surface area contributed by atoms with Crippen molar-refractivity contribution < 1.29 is 22.7 Å². The Kier molecular flexibility index (Phi) is 6.43. The highest BCUT2D eigenvalue weighted by Crippen LogP contribution is 2.34. The number of fused-ring (bicyclic) bond motifs is 1. The van der Waals surface area contributed by atoms with Crippen molar-refractivity contribution in [1.82, 2.24) is 9.21 Å². The zero-order chi connectivity index (χ0) is 21.1. The molecule has 1 amide bonds. The maximum Gasteiger partial charge on any atom is 0.243 e. The topological polar surface area (TPSA) is 76.2 Å². The number of carbonyl (C=O) groups is 1. The summed E-state index contributed by atoms with van der Waals surface area (Å²) in [6, 6.07) is 11.7. The third kappa shape index (κ3) is 4.69. The van der Waals surface area contributed by atoms with Crippen molar-refractivity contribution in [2.75, 3.05) is 45.1 Å². The van der Waals surface area contributed by atoms with Gasteiger partial charge in [0.05, 0.1) is 10.6 Å². The van der Waals surface area contributed by atoms with E-state index in [4.69, 9.17) is 21.1 Å². The zero-order valence-electron chi connectivity index (χ0n) is 16.1. The summed E-state index contributed by atoms with van der Waals surface area (Å²) in [5.74, 6) is 1.68. The number of halogens is 1. The second kappa shape index (κ2) is 9.05. The fraction of sp³-hybridized carbons (Fsp3) is 0.350. The number of sulfonamides is 1. The number of nitrogens with zero attached hydrogens (tertiary/aromatic N) is 2. The molecule has 2 aromatic carbocycles. The van der Waals surface area contributed by atoms with E-state index in [9.17, 15) is 13.2 Å². The summed E-state index contributed by atoms with van der Waals surface area (Å²) in [5.41, 5.74) is 0. The zero-order valence-corrected chi connectivity index (χ0v) is 18.5. The Labute approximate surface area is 184 Å². The molecule has 2 aliphatic rings. The summed E-state index contributed by atoms with van der Waals surface area (Å²) in [5, 5.41) is 0.486. The van der Waals surface area contributed by atoms with E-state index in [1.165, 1.54) is 28.2 Å². The molecule has 0 aromatic heterocycles. The van der Waals surface area contributed by atoms with Crippen LogP contribution in [0.3, 0.4) is 0 Å². The normalized spacial score (nSPS) is 17.0. The quantitative estimate of drug-likeness (QED) is 0.628. The van der Waals surface area contributed by atoms with Gasteiger partial charge in [0.1, 0.15) is 13.2 Å². The van der Waals surface area contributed by atoms with Crippen LogP contribution in [0.4, 0.5) is 0 Å². The number of thioether (sulfide) groups is 1. The summed E-state index contributed by atoms with van der Waals surface area (Å²) in [7, 11) is -3.59. The van der Waals surface area contributed by atoms with Crippen LogP contribution in [0.2, 0.25) is 5.02 Å². The molecular weight excluding hydrogens is 448 g/mol. The van der Waals surface area contributed by atoms with Crippen LogP contribution in [-0.2, 0) is 14.8 Å². The third-order valence-electron chi connectivity index (χ3n) is 4.92. The van der Waals surface area contributed by atoms with Crippen LogP contribution in [0, 0.1) is 0 Å². The lowest BCUT2D eigenvalue weighted by atomic mass is 10.3. The molecule has 0 spiro atoms. The number of hydrogen-bond acceptors (Lipinski definition) is 6. The lowest BCUT2D eigenvalue weighted by molar-refractivity contribution is -0.129. The molecule has 7 nitrogen and oxygen atoms in total. The van der Waals surface area contributed by atoms with Gasteiger partial charge in [0.15, 0.2) is 11.5 Å². The molecule has 10 heteroatoms. The number of amides is 1. The van der Waals surface area contributed by atoms with Gasteiger partial charge in [-0.3, -0.25) is 4.79 Å². The van der Waals surface area contributed by atoms with Crippen LogP contribution in [0.15, 0.2) is 52.3 Å². The SMILES string of the molecule is O=C(CSc1ccc2c(c1)OCCO2)N1CCN(S(=O)(=O)c2ccc(Cl)cc2)CC1. The molecule has 0 aliphatic carbocycles. The first kappa shape index (κ1) is 21.3. The Balaban J connectivity index is 1.30. The Morgan fingerprint density at radius 2 is 1.63 bits per heavy atom. The highest BCUT2D eigenvalue weighted by molar-refractivity contribution is 8.00. The molecule has 1 saturated heterocycles. The molecule has 2 aliphatic heterocycles. The van der Waals surface area contributed by atoms with E-state index in [1.54, 1.807) is 17.0 Å². The van der Waals surface area contributed by atoms with Gasteiger partial charge in [0.2, 0.25) is 15.9 Å². The minimum atomic E-state index is -3.59. The van der Waals surface area contributed by atoms with Gasteiger partial charge in [-0.1, -0.05) is 11.6 Å². The predicted molar refractivity (Wildman–Crippen MR) is 115 cm³/mol. The highest BCUT2D eigenvalue weighted by Gasteiger charge is 2.30. The Hall–Kier alpha value is -1.94. The molecule has 30 heavy (non-hydrogen) atoms. The van der Waals surface area contributed by atoms with Gasteiger partial charge < -0.3 is 14.4 Å². The molecular formula is C20H21ClN2O5S2. The first-order chi connectivity index (χ1) is 14.4. The van der Waals surface area contributed by atoms with Gasteiger partial charge in [0.25, 0.3) is 0 Å². The van der Waals surface area contributed by atoms with Crippen molar-refractivity contribution in [3.63, 3.8) is 0 Å². The average Bonchev–Trinajstić information content (AvgIpc) is 2.77. The standard InChI is InChI=1S/C20H21ClN2O5S2/c21-15-1-4-17(5-2-15)30(25,26)23-9-7-22(8-10-23)20(24)14-29-16-3-6-18-19(13-16)28-12-11-27-18/h1-6,13H,7-12,14H2. The van der Waals surface area contributed by atoms with E-state index in [0.717, 1.165) is 10.6 Å². The van der Waals surface area contributed by atoms with Gasteiger partial charge in [-0.25, -0.2) is 8.42 Å². The first-order valence-electron chi connectivity index (χ1n) is 9.49. The smallest absolute Gasteiger partial charge is 0.243 e. The van der Waals surface area contributed by atoms with E-state index in [0.29, 0.717) is 37.1 Å². The van der Waals surface area contributed by atoms with E-state index in [1.807, 2.05) is 18.2 Å². The number of carbonyl (C=O) groups excluding carboxylic acids is 1.